The molecule has 664 valence electrons. The molecule has 0 bridgehead atoms. The molecule has 32 rings (SSSR count). The molecule has 0 aliphatic heterocycles. The molecular formula is C131H77N9S3. The maximum absolute atomic E-state index is 5.40. The Morgan fingerprint density at radius 3 is 0.888 bits per heavy atom. The number of hydrogen-bond acceptors (Lipinski definition) is 8. The van der Waals surface area contributed by atoms with Crippen molar-refractivity contribution < 1.29 is 0 Å². The standard InChI is InChI=1S/C46H27N3S.C44H26N2S.C41H24N4S/c1-2-14-29(15-3-1)46-47-37(31-22-12-16-28-13-4-5-17-30(28)31)27-41(48-46)49-38-23-10-8-20-34(38)43-33-19-7-6-18-32(33)42-36(45(43)49)25-26-40-44(42)35-21-9-11-24-39(35)50-40;1-2-14-32-31(13-1)41-35(25-26-40-43(41)34-16-6-10-20-39(34)47-40)44-42(32)33-15-5-9-19-38(33)46(44)28-23-21-27(22-24-28)45-36-17-7-3-11-29(36)30-12-4-8-18-37(30)45;1-3-13-25(14-4-1)39-42-40(26-15-5-2-6-16-26)44-41(43-39)45-32-21-11-9-19-29(32)36-28-18-8-7-17-27(28)35-31(38(36)45)23-24-34-37(35)30-20-10-12-22-33(30)46-34/h1-27H;1-26H;1-24H. The summed E-state index contributed by atoms with van der Waals surface area (Å²) in [5, 5.41) is 35.5. The van der Waals surface area contributed by atoms with Crippen molar-refractivity contribution in [1.29, 1.82) is 0 Å². The van der Waals surface area contributed by atoms with Crippen LogP contribution in [0.3, 0.4) is 0 Å². The minimum atomic E-state index is 0.603. The van der Waals surface area contributed by atoms with Crippen molar-refractivity contribution in [1.82, 2.24) is 43.2 Å². The first kappa shape index (κ1) is 80.9. The number of fused-ring (bicyclic) bond motifs is 40. The largest absolute Gasteiger partial charge is 0.309 e. The van der Waals surface area contributed by atoms with E-state index in [1.54, 1.807) is 0 Å². The molecule has 0 amide bonds. The van der Waals surface area contributed by atoms with Crippen LogP contribution in [0.1, 0.15) is 0 Å². The molecule has 0 fully saturated rings. The highest BCUT2D eigenvalue weighted by Crippen LogP contribution is 2.53. The van der Waals surface area contributed by atoms with Crippen LogP contribution in [0.2, 0.25) is 0 Å². The van der Waals surface area contributed by atoms with Crippen LogP contribution in [0.25, 0.3) is 292 Å². The lowest BCUT2D eigenvalue weighted by Gasteiger charge is -2.15. The topological polar surface area (TPSA) is 84.2 Å². The van der Waals surface area contributed by atoms with Crippen LogP contribution in [-0.2, 0) is 0 Å². The van der Waals surface area contributed by atoms with Crippen LogP contribution in [0.15, 0.2) is 467 Å². The highest BCUT2D eigenvalue weighted by molar-refractivity contribution is 7.27. The fraction of sp³-hybridized carbons (Fsp3) is 0. The van der Waals surface area contributed by atoms with Gasteiger partial charge in [-0.25, -0.2) is 15.0 Å². The second-order valence-corrected chi connectivity index (χ2v) is 40.2. The van der Waals surface area contributed by atoms with Gasteiger partial charge in [0.25, 0.3) is 0 Å². The summed E-state index contributed by atoms with van der Waals surface area (Å²) >= 11 is 5.61. The first-order valence-corrected chi connectivity index (χ1v) is 50.9. The van der Waals surface area contributed by atoms with E-state index < -0.39 is 0 Å². The van der Waals surface area contributed by atoms with E-state index in [0.29, 0.717) is 23.4 Å². The molecule has 0 saturated heterocycles. The van der Waals surface area contributed by atoms with Gasteiger partial charge in [0.15, 0.2) is 17.5 Å². The van der Waals surface area contributed by atoms with Gasteiger partial charge in [0.1, 0.15) is 5.82 Å². The lowest BCUT2D eigenvalue weighted by molar-refractivity contribution is 0.955. The third-order valence-corrected chi connectivity index (χ3v) is 32.7. The van der Waals surface area contributed by atoms with E-state index >= 15 is 0 Å². The monoisotopic (exact) mass is 1870 g/mol. The summed E-state index contributed by atoms with van der Waals surface area (Å²) in [6.07, 6.45) is 0. The van der Waals surface area contributed by atoms with Crippen molar-refractivity contribution in [2.75, 3.05) is 0 Å². The van der Waals surface area contributed by atoms with Gasteiger partial charge in [0, 0.05) is 176 Å². The zero-order valence-electron chi connectivity index (χ0n) is 76.7. The van der Waals surface area contributed by atoms with Crippen molar-refractivity contribution in [3.63, 3.8) is 0 Å². The zero-order chi connectivity index (χ0) is 93.6. The smallest absolute Gasteiger partial charge is 0.238 e. The minimum absolute atomic E-state index is 0.603. The highest BCUT2D eigenvalue weighted by Gasteiger charge is 2.29. The minimum Gasteiger partial charge on any atom is -0.309 e. The number of rotatable bonds is 8. The second kappa shape index (κ2) is 32.2. The van der Waals surface area contributed by atoms with E-state index in [1.807, 2.05) is 76.5 Å². The average Bonchev–Trinajstić information content (AvgIpc) is 1.52. The van der Waals surface area contributed by atoms with E-state index in [4.69, 9.17) is 24.9 Å². The maximum Gasteiger partial charge on any atom is 0.238 e. The molecule has 143 heavy (non-hydrogen) atoms. The molecule has 0 atom stereocenters. The number of benzene rings is 23. The van der Waals surface area contributed by atoms with E-state index in [0.717, 1.165) is 61.7 Å². The Bertz CT molecular complexity index is 10900. The summed E-state index contributed by atoms with van der Waals surface area (Å²) in [4.78, 5) is 26.0. The van der Waals surface area contributed by atoms with E-state index in [9.17, 15) is 0 Å². The van der Waals surface area contributed by atoms with Gasteiger partial charge in [-0.15, -0.1) is 34.0 Å². The first-order valence-electron chi connectivity index (χ1n) is 48.4. The van der Waals surface area contributed by atoms with E-state index in [2.05, 4.69) is 443 Å². The van der Waals surface area contributed by atoms with Gasteiger partial charge in [-0.3, -0.25) is 9.13 Å². The number of hydrogen-bond donors (Lipinski definition) is 0. The lowest BCUT2D eigenvalue weighted by Crippen LogP contribution is -2.06. The molecule has 32 aromatic rings. The van der Waals surface area contributed by atoms with Gasteiger partial charge >= 0.3 is 0 Å². The third kappa shape index (κ3) is 12.4. The molecule has 23 aromatic carbocycles. The molecule has 0 aliphatic carbocycles. The summed E-state index contributed by atoms with van der Waals surface area (Å²) in [5.41, 5.74) is 16.6. The summed E-state index contributed by atoms with van der Waals surface area (Å²) in [6.45, 7) is 0. The molecule has 0 saturated carbocycles. The lowest BCUT2D eigenvalue weighted by atomic mass is 9.94. The summed E-state index contributed by atoms with van der Waals surface area (Å²) in [6, 6.07) is 168. The second-order valence-electron chi connectivity index (χ2n) is 37.0. The Kier molecular flexibility index (Phi) is 18.2. The Morgan fingerprint density at radius 2 is 0.469 bits per heavy atom. The van der Waals surface area contributed by atoms with Gasteiger partial charge < -0.3 is 9.13 Å². The van der Waals surface area contributed by atoms with Gasteiger partial charge in [-0.2, -0.15) is 9.97 Å². The zero-order valence-corrected chi connectivity index (χ0v) is 79.2. The van der Waals surface area contributed by atoms with Crippen LogP contribution in [0.5, 0.6) is 0 Å². The van der Waals surface area contributed by atoms with Crippen molar-refractivity contribution in [2.24, 2.45) is 0 Å². The third-order valence-electron chi connectivity index (χ3n) is 29.3. The highest BCUT2D eigenvalue weighted by atomic mass is 32.1. The maximum atomic E-state index is 5.40. The van der Waals surface area contributed by atoms with E-state index in [1.165, 1.54) is 207 Å². The van der Waals surface area contributed by atoms with Crippen LogP contribution in [0.4, 0.5) is 0 Å². The Hall–Kier alpha value is -18.2. The predicted molar refractivity (Wildman–Crippen MR) is 609 cm³/mol. The average molecular weight is 1870 g/mol. The fourth-order valence-corrected chi connectivity index (χ4v) is 26.7. The molecule has 9 heterocycles. The molecule has 9 aromatic heterocycles. The molecule has 0 radical (unpaired) electrons. The van der Waals surface area contributed by atoms with Crippen LogP contribution < -0.4 is 0 Å². The van der Waals surface area contributed by atoms with Crippen LogP contribution >= 0.6 is 34.0 Å². The molecule has 0 aliphatic rings. The normalized spacial score (nSPS) is 12.1. The van der Waals surface area contributed by atoms with Crippen LogP contribution in [-0.4, -0.2) is 43.2 Å². The molecule has 0 N–H and O–H groups in total. The molecule has 9 nitrogen and oxygen atoms in total. The molecule has 0 spiro atoms. The first-order chi connectivity index (χ1) is 71.0. The Balaban J connectivity index is 0.000000100. The number of nitrogens with zero attached hydrogens (tertiary/aromatic N) is 9. The van der Waals surface area contributed by atoms with Gasteiger partial charge in [-0.1, -0.05) is 370 Å². The van der Waals surface area contributed by atoms with Gasteiger partial charge in [-0.05, 0) is 134 Å². The fourth-order valence-electron chi connectivity index (χ4n) is 23.4. The molecule has 0 unspecified atom stereocenters. The number of thiophene rings is 3. The SMILES string of the molecule is c1ccc(-c2nc(-c3cccc4ccccc34)cc(-n3c4ccccc4c4c5ccccc5c5c(ccc6sc7ccccc7c65)c43)n2)cc1.c1ccc(-c2nc(-c3ccccc3)nc(-n3c4ccccc4c4c5ccccc5c5c(ccc6sc7ccccc7c65)c43)n2)cc1.c1ccc2c(c1)sc1ccc3c(c4ccccc4c4c5ccccc5n(-c5ccc(-n6c7ccccc7c7ccccc76)cc5)c34)c12. The van der Waals surface area contributed by atoms with Crippen molar-refractivity contribution in [2.45, 2.75) is 0 Å². The summed E-state index contributed by atoms with van der Waals surface area (Å²) in [7, 11) is 0. The Morgan fingerprint density at radius 1 is 0.168 bits per heavy atom. The summed E-state index contributed by atoms with van der Waals surface area (Å²) < 4.78 is 17.4. The predicted octanol–water partition coefficient (Wildman–Crippen LogP) is 36.3. The van der Waals surface area contributed by atoms with E-state index in [-0.39, 0.29) is 0 Å². The van der Waals surface area contributed by atoms with Gasteiger partial charge in [0.2, 0.25) is 5.95 Å². The van der Waals surface area contributed by atoms with Gasteiger partial charge in [0.05, 0.1) is 49.8 Å². The summed E-state index contributed by atoms with van der Waals surface area (Å²) in [5.74, 6) is 3.44. The van der Waals surface area contributed by atoms with Crippen molar-refractivity contribution in [3.8, 4) is 68.6 Å². The van der Waals surface area contributed by atoms with Crippen molar-refractivity contribution in [3.05, 3.63) is 467 Å². The van der Waals surface area contributed by atoms with Crippen LogP contribution in [0, 0.1) is 0 Å². The quantitative estimate of drug-likeness (QED) is 0.142. The van der Waals surface area contributed by atoms with Crippen molar-refractivity contribution >= 4 is 257 Å². The number of aromatic nitrogens is 9. The Labute approximate surface area is 829 Å². The molecule has 12 heteroatoms. The number of para-hydroxylation sites is 5. The molecular weight excluding hydrogens is 1800 g/mol.